The van der Waals surface area contributed by atoms with E-state index in [0.717, 1.165) is 3.57 Å². The molecule has 0 aliphatic rings. The number of ether oxygens (including phenoxy) is 1. The van der Waals surface area contributed by atoms with Gasteiger partial charge in [-0.05, 0) is 57.6 Å². The molecule has 1 aromatic carbocycles. The summed E-state index contributed by atoms with van der Waals surface area (Å²) in [5.74, 6) is -0.374. The van der Waals surface area contributed by atoms with E-state index < -0.39 is 0 Å². The van der Waals surface area contributed by atoms with Crippen molar-refractivity contribution in [2.75, 3.05) is 6.61 Å². The molecule has 0 atom stereocenters. The van der Waals surface area contributed by atoms with E-state index in [9.17, 15) is 4.79 Å². The van der Waals surface area contributed by atoms with E-state index in [2.05, 4.69) is 22.0 Å². The zero-order chi connectivity index (χ0) is 11.4. The predicted octanol–water partition coefficient (Wildman–Crippen LogP) is 3.10. The second kappa shape index (κ2) is 5.47. The monoisotopic (exact) mass is 379 g/mol. The third-order valence-corrected chi connectivity index (χ3v) is 3.14. The average Bonchev–Trinajstić information content (AvgIpc) is 2.17. The molecule has 78 valence electrons. The van der Waals surface area contributed by atoms with E-state index in [4.69, 9.17) is 10.00 Å². The molecule has 0 amide bonds. The molecule has 5 heteroatoms. The van der Waals surface area contributed by atoms with Crippen LogP contribution in [0.3, 0.4) is 0 Å². The highest BCUT2D eigenvalue weighted by Crippen LogP contribution is 2.24. The molecule has 0 aromatic heterocycles. The van der Waals surface area contributed by atoms with Gasteiger partial charge in [-0.15, -0.1) is 0 Å². The maximum absolute atomic E-state index is 11.4. The van der Waals surface area contributed by atoms with Crippen molar-refractivity contribution in [3.05, 3.63) is 31.3 Å². The van der Waals surface area contributed by atoms with Crippen LogP contribution >= 0.6 is 38.5 Å². The lowest BCUT2D eigenvalue weighted by molar-refractivity contribution is 0.0526. The highest BCUT2D eigenvalue weighted by Gasteiger charge is 2.12. The Labute approximate surface area is 110 Å². The predicted molar refractivity (Wildman–Crippen MR) is 67.5 cm³/mol. The Bertz CT molecular complexity index is 417. The Morgan fingerprint density at radius 1 is 1.67 bits per heavy atom. The zero-order valence-electron chi connectivity index (χ0n) is 7.88. The first-order valence-electron chi connectivity index (χ1n) is 4.16. The zero-order valence-corrected chi connectivity index (χ0v) is 11.6. The molecular weight excluding hydrogens is 373 g/mol. The number of hydrogen-bond donors (Lipinski definition) is 0. The van der Waals surface area contributed by atoms with Crippen LogP contribution < -0.4 is 0 Å². The van der Waals surface area contributed by atoms with Gasteiger partial charge in [0.15, 0.2) is 0 Å². The third kappa shape index (κ3) is 2.92. The lowest BCUT2D eigenvalue weighted by Crippen LogP contribution is -2.05. The summed E-state index contributed by atoms with van der Waals surface area (Å²) in [6, 6.07) is 5.29. The van der Waals surface area contributed by atoms with E-state index in [0.29, 0.717) is 22.2 Å². The first kappa shape index (κ1) is 12.5. The average molecular weight is 380 g/mol. The van der Waals surface area contributed by atoms with Gasteiger partial charge in [0, 0.05) is 8.04 Å². The molecule has 0 saturated heterocycles. The molecule has 3 nitrogen and oxygen atoms in total. The maximum atomic E-state index is 11.4. The number of nitrogens with zero attached hydrogens (tertiary/aromatic N) is 1. The fraction of sp³-hybridized carbons (Fsp3) is 0.200. The standard InChI is InChI=1S/C10H7BrINO2/c1-2-15-10(14)6-3-8(11)7(5-13)9(12)4-6/h3-4H,2H2,1H3. The van der Waals surface area contributed by atoms with Gasteiger partial charge in [-0.3, -0.25) is 0 Å². The van der Waals surface area contributed by atoms with Crippen molar-refractivity contribution < 1.29 is 9.53 Å². The normalized spacial score (nSPS) is 9.47. The van der Waals surface area contributed by atoms with Crippen molar-refractivity contribution in [2.45, 2.75) is 6.92 Å². The highest BCUT2D eigenvalue weighted by atomic mass is 127. The van der Waals surface area contributed by atoms with E-state index >= 15 is 0 Å². The third-order valence-electron chi connectivity index (χ3n) is 1.67. The Morgan fingerprint density at radius 2 is 2.33 bits per heavy atom. The van der Waals surface area contributed by atoms with Crippen LogP contribution in [-0.2, 0) is 4.74 Å². The summed E-state index contributed by atoms with van der Waals surface area (Å²) >= 11 is 5.26. The maximum Gasteiger partial charge on any atom is 0.338 e. The summed E-state index contributed by atoms with van der Waals surface area (Å²) in [6.07, 6.45) is 0. The summed E-state index contributed by atoms with van der Waals surface area (Å²) < 4.78 is 6.21. The SMILES string of the molecule is CCOC(=O)c1cc(Br)c(C#N)c(I)c1. The first-order chi connectivity index (χ1) is 7.10. The van der Waals surface area contributed by atoms with Crippen LogP contribution in [0.25, 0.3) is 0 Å². The number of hydrogen-bond acceptors (Lipinski definition) is 3. The molecule has 15 heavy (non-hydrogen) atoms. The van der Waals surface area contributed by atoms with Crippen LogP contribution in [0.4, 0.5) is 0 Å². The minimum absolute atomic E-state index is 0.340. The molecule has 0 saturated carbocycles. The van der Waals surface area contributed by atoms with Gasteiger partial charge in [-0.25, -0.2) is 4.79 Å². The number of benzene rings is 1. The topological polar surface area (TPSA) is 50.1 Å². The van der Waals surface area contributed by atoms with Gasteiger partial charge >= 0.3 is 5.97 Å². The van der Waals surface area contributed by atoms with Crippen LogP contribution in [0.1, 0.15) is 22.8 Å². The quantitative estimate of drug-likeness (QED) is 0.586. The van der Waals surface area contributed by atoms with E-state index in [-0.39, 0.29) is 5.97 Å². The van der Waals surface area contributed by atoms with Gasteiger partial charge in [0.25, 0.3) is 0 Å². The smallest absolute Gasteiger partial charge is 0.338 e. The number of halogens is 2. The molecule has 1 rings (SSSR count). The second-order valence-electron chi connectivity index (χ2n) is 2.65. The van der Waals surface area contributed by atoms with Gasteiger partial charge in [0.1, 0.15) is 6.07 Å². The van der Waals surface area contributed by atoms with Gasteiger partial charge in [0.2, 0.25) is 0 Å². The highest BCUT2D eigenvalue weighted by molar-refractivity contribution is 14.1. The minimum atomic E-state index is -0.374. The van der Waals surface area contributed by atoms with Crippen molar-refractivity contribution in [1.82, 2.24) is 0 Å². The van der Waals surface area contributed by atoms with Crippen molar-refractivity contribution in [3.63, 3.8) is 0 Å². The molecular formula is C10H7BrINO2. The van der Waals surface area contributed by atoms with Gasteiger partial charge in [-0.1, -0.05) is 0 Å². The summed E-state index contributed by atoms with van der Waals surface area (Å²) in [4.78, 5) is 11.4. The van der Waals surface area contributed by atoms with Crippen molar-refractivity contribution >= 4 is 44.5 Å². The van der Waals surface area contributed by atoms with Crippen LogP contribution in [0.2, 0.25) is 0 Å². The van der Waals surface area contributed by atoms with Gasteiger partial charge in [-0.2, -0.15) is 5.26 Å². The lowest BCUT2D eigenvalue weighted by Gasteiger charge is -2.04. The number of carbonyl (C=O) groups excluding carboxylic acids is 1. The molecule has 0 unspecified atom stereocenters. The van der Waals surface area contributed by atoms with E-state index in [1.54, 1.807) is 19.1 Å². The second-order valence-corrected chi connectivity index (χ2v) is 4.66. The molecule has 0 radical (unpaired) electrons. The fourth-order valence-electron chi connectivity index (χ4n) is 1.01. The molecule has 0 bridgehead atoms. The number of esters is 1. The van der Waals surface area contributed by atoms with Crippen LogP contribution in [0.15, 0.2) is 16.6 Å². The largest absolute Gasteiger partial charge is 0.462 e. The van der Waals surface area contributed by atoms with E-state index in [1.165, 1.54) is 0 Å². The fourth-order valence-corrected chi connectivity index (χ4v) is 2.68. The number of rotatable bonds is 2. The van der Waals surface area contributed by atoms with Crippen molar-refractivity contribution in [3.8, 4) is 6.07 Å². The Morgan fingerprint density at radius 3 is 2.80 bits per heavy atom. The molecule has 0 N–H and O–H groups in total. The Balaban J connectivity index is 3.15. The van der Waals surface area contributed by atoms with Crippen molar-refractivity contribution in [1.29, 1.82) is 5.26 Å². The molecule has 0 heterocycles. The summed E-state index contributed by atoms with van der Waals surface area (Å²) in [7, 11) is 0. The molecule has 0 spiro atoms. The molecule has 0 aliphatic carbocycles. The number of carbonyl (C=O) groups is 1. The van der Waals surface area contributed by atoms with Gasteiger partial charge < -0.3 is 4.74 Å². The van der Waals surface area contributed by atoms with Crippen LogP contribution in [0.5, 0.6) is 0 Å². The summed E-state index contributed by atoms with van der Waals surface area (Å²) in [5.41, 5.74) is 0.982. The minimum Gasteiger partial charge on any atom is -0.462 e. The summed E-state index contributed by atoms with van der Waals surface area (Å²) in [5, 5.41) is 8.83. The van der Waals surface area contributed by atoms with Gasteiger partial charge in [0.05, 0.1) is 17.7 Å². The van der Waals surface area contributed by atoms with Crippen molar-refractivity contribution in [2.24, 2.45) is 0 Å². The summed E-state index contributed by atoms with van der Waals surface area (Å²) in [6.45, 7) is 2.09. The van der Waals surface area contributed by atoms with Crippen LogP contribution in [-0.4, -0.2) is 12.6 Å². The van der Waals surface area contributed by atoms with E-state index in [1.807, 2.05) is 22.6 Å². The Hall–Kier alpha value is -0.610. The molecule has 1 aromatic rings. The Kier molecular flexibility index (Phi) is 4.54. The molecule has 0 fully saturated rings. The lowest BCUT2D eigenvalue weighted by atomic mass is 10.1. The van der Waals surface area contributed by atoms with Crippen LogP contribution in [0, 0.1) is 14.9 Å². The molecule has 0 aliphatic heterocycles. The number of nitriles is 1. The first-order valence-corrected chi connectivity index (χ1v) is 6.03.